The first-order chi connectivity index (χ1) is 15.4. The monoisotopic (exact) mass is 440 g/mol. The lowest BCUT2D eigenvalue weighted by Crippen LogP contribution is -2.32. The maximum Gasteiger partial charge on any atom is 0.343 e. The van der Waals surface area contributed by atoms with Crippen LogP contribution >= 0.6 is 0 Å². The molecule has 0 radical (unpaired) electrons. The number of carbonyl (C=O) groups excluding carboxylic acids is 1. The topological polar surface area (TPSA) is 129 Å². The number of hydrogen-bond acceptors (Lipinski definition) is 8. The van der Waals surface area contributed by atoms with Crippen LogP contribution in [0.2, 0.25) is 0 Å². The molecule has 0 saturated heterocycles. The van der Waals surface area contributed by atoms with Gasteiger partial charge in [-0.1, -0.05) is 6.07 Å². The minimum absolute atomic E-state index is 0.0782. The lowest BCUT2D eigenvalue weighted by atomic mass is 9.99. The number of ether oxygens (including phenoxy) is 4. The SMILES string of the molecule is CCOc1ccc(-n2c(O)c(C3OC(=O)c4c3ccc(OC)c4OC)c(=O)[nH]c2=O)cc1. The Morgan fingerprint density at radius 1 is 1.06 bits per heavy atom. The van der Waals surface area contributed by atoms with E-state index in [0.717, 1.165) is 4.57 Å². The largest absolute Gasteiger partial charge is 0.494 e. The molecule has 2 N–H and O–H groups in total. The summed E-state index contributed by atoms with van der Waals surface area (Å²) in [6.07, 6.45) is -1.25. The summed E-state index contributed by atoms with van der Waals surface area (Å²) in [5, 5.41) is 10.9. The Bertz CT molecular complexity index is 1310. The Morgan fingerprint density at radius 2 is 1.78 bits per heavy atom. The molecule has 1 aliphatic heterocycles. The average molecular weight is 440 g/mol. The van der Waals surface area contributed by atoms with Crippen LogP contribution in [0.4, 0.5) is 0 Å². The molecule has 2 aromatic carbocycles. The molecule has 0 saturated carbocycles. The number of H-pyrrole nitrogens is 1. The standard InChI is InChI=1S/C22H20N2O8/c1-4-31-12-7-5-11(6-8-12)24-20(26)16(19(25)23-22(24)28)17-13-9-10-14(29-2)18(30-3)15(13)21(27)32-17/h5-10,17,26H,4H2,1-3H3,(H,23,25,28). The maximum absolute atomic E-state index is 12.7. The third-order valence-electron chi connectivity index (χ3n) is 5.08. The fourth-order valence-corrected chi connectivity index (χ4v) is 3.69. The van der Waals surface area contributed by atoms with E-state index in [0.29, 0.717) is 23.7 Å². The van der Waals surface area contributed by atoms with Crippen LogP contribution in [0.15, 0.2) is 46.0 Å². The van der Waals surface area contributed by atoms with Gasteiger partial charge in [-0.05, 0) is 37.3 Å². The summed E-state index contributed by atoms with van der Waals surface area (Å²) in [6, 6.07) is 9.44. The summed E-state index contributed by atoms with van der Waals surface area (Å²) in [5.41, 5.74) is -1.37. The van der Waals surface area contributed by atoms with Gasteiger partial charge in [-0.3, -0.25) is 9.78 Å². The summed E-state index contributed by atoms with van der Waals surface area (Å²) in [6.45, 7) is 2.30. The predicted octanol–water partition coefficient (Wildman–Crippen LogP) is 1.91. The Balaban J connectivity index is 1.89. The highest BCUT2D eigenvalue weighted by Crippen LogP contribution is 2.45. The molecule has 0 spiro atoms. The predicted molar refractivity (Wildman–Crippen MR) is 112 cm³/mol. The smallest absolute Gasteiger partial charge is 0.343 e. The van der Waals surface area contributed by atoms with E-state index in [4.69, 9.17) is 18.9 Å². The number of fused-ring (bicyclic) bond motifs is 1. The highest BCUT2D eigenvalue weighted by Gasteiger charge is 2.40. The number of benzene rings is 2. The molecular weight excluding hydrogens is 420 g/mol. The first kappa shape index (κ1) is 21.0. The maximum atomic E-state index is 12.7. The molecular formula is C22H20N2O8. The second-order valence-electron chi connectivity index (χ2n) is 6.81. The number of nitrogens with one attached hydrogen (secondary N) is 1. The molecule has 32 heavy (non-hydrogen) atoms. The minimum Gasteiger partial charge on any atom is -0.494 e. The summed E-state index contributed by atoms with van der Waals surface area (Å²) in [5.74, 6) is -0.371. The second kappa shape index (κ2) is 8.14. The number of esters is 1. The molecule has 1 unspecified atom stereocenters. The van der Waals surface area contributed by atoms with Crippen LogP contribution in [0.3, 0.4) is 0 Å². The van der Waals surface area contributed by atoms with Crippen LogP contribution < -0.4 is 25.5 Å². The van der Waals surface area contributed by atoms with Gasteiger partial charge in [0.25, 0.3) is 5.56 Å². The fourth-order valence-electron chi connectivity index (χ4n) is 3.69. The fraction of sp³-hybridized carbons (Fsp3) is 0.227. The highest BCUT2D eigenvalue weighted by atomic mass is 16.6. The molecule has 3 aromatic rings. The minimum atomic E-state index is -1.25. The van der Waals surface area contributed by atoms with Gasteiger partial charge in [-0.15, -0.1) is 0 Å². The zero-order valence-electron chi connectivity index (χ0n) is 17.5. The van der Waals surface area contributed by atoms with Gasteiger partial charge in [0.05, 0.1) is 26.5 Å². The van der Waals surface area contributed by atoms with Crippen LogP contribution in [-0.4, -0.2) is 41.5 Å². The third kappa shape index (κ3) is 3.25. The van der Waals surface area contributed by atoms with Gasteiger partial charge in [0.2, 0.25) is 5.88 Å². The van der Waals surface area contributed by atoms with Crippen molar-refractivity contribution in [3.05, 3.63) is 73.9 Å². The van der Waals surface area contributed by atoms with Gasteiger partial charge in [-0.25, -0.2) is 14.2 Å². The molecule has 1 atom stereocenters. The number of aromatic amines is 1. The number of cyclic esters (lactones) is 1. The summed E-state index contributed by atoms with van der Waals surface area (Å²) in [7, 11) is 2.79. The van der Waals surface area contributed by atoms with Crippen LogP contribution in [0.25, 0.3) is 5.69 Å². The van der Waals surface area contributed by atoms with Gasteiger partial charge < -0.3 is 24.1 Å². The Kier molecular flexibility index (Phi) is 5.35. The van der Waals surface area contributed by atoms with Gasteiger partial charge >= 0.3 is 11.7 Å². The summed E-state index contributed by atoms with van der Waals surface area (Å²) in [4.78, 5) is 40.0. The first-order valence-corrected chi connectivity index (χ1v) is 9.68. The van der Waals surface area contributed by atoms with Crippen molar-refractivity contribution >= 4 is 5.97 Å². The Labute approximate surface area is 181 Å². The van der Waals surface area contributed by atoms with Crippen LogP contribution in [-0.2, 0) is 4.74 Å². The molecule has 2 heterocycles. The zero-order valence-corrected chi connectivity index (χ0v) is 17.5. The van der Waals surface area contributed by atoms with E-state index in [1.54, 1.807) is 30.3 Å². The Hall–Kier alpha value is -4.21. The van der Waals surface area contributed by atoms with Crippen molar-refractivity contribution in [2.75, 3.05) is 20.8 Å². The molecule has 1 aliphatic rings. The normalized spacial score (nSPS) is 14.6. The zero-order chi connectivity index (χ0) is 23.0. The lowest BCUT2D eigenvalue weighted by Gasteiger charge is -2.16. The molecule has 4 rings (SSSR count). The number of carbonyl (C=O) groups is 1. The number of nitrogens with zero attached hydrogens (tertiary/aromatic N) is 1. The van der Waals surface area contributed by atoms with E-state index in [1.807, 2.05) is 6.92 Å². The molecule has 0 fully saturated rings. The summed E-state index contributed by atoms with van der Waals surface area (Å²) >= 11 is 0. The first-order valence-electron chi connectivity index (χ1n) is 9.68. The van der Waals surface area contributed by atoms with E-state index in [9.17, 15) is 19.5 Å². The number of methoxy groups -OCH3 is 2. The molecule has 0 bridgehead atoms. The molecule has 0 amide bonds. The second-order valence-corrected chi connectivity index (χ2v) is 6.81. The van der Waals surface area contributed by atoms with Gasteiger partial charge in [0, 0.05) is 5.56 Å². The highest BCUT2D eigenvalue weighted by molar-refractivity contribution is 5.98. The molecule has 166 valence electrons. The quantitative estimate of drug-likeness (QED) is 0.556. The number of rotatable bonds is 6. The molecule has 10 heteroatoms. The van der Waals surface area contributed by atoms with Gasteiger partial charge in [0.15, 0.2) is 17.6 Å². The van der Waals surface area contributed by atoms with E-state index in [1.165, 1.54) is 20.3 Å². The van der Waals surface area contributed by atoms with Crippen molar-refractivity contribution in [3.8, 4) is 28.8 Å². The van der Waals surface area contributed by atoms with E-state index in [2.05, 4.69) is 4.98 Å². The van der Waals surface area contributed by atoms with E-state index in [-0.39, 0.29) is 22.6 Å². The van der Waals surface area contributed by atoms with Crippen molar-refractivity contribution in [2.24, 2.45) is 0 Å². The molecule has 10 nitrogen and oxygen atoms in total. The van der Waals surface area contributed by atoms with Crippen molar-refractivity contribution in [1.29, 1.82) is 0 Å². The molecule has 1 aromatic heterocycles. The van der Waals surface area contributed by atoms with Crippen molar-refractivity contribution < 1.29 is 28.8 Å². The number of hydrogen-bond donors (Lipinski definition) is 2. The van der Waals surface area contributed by atoms with Crippen molar-refractivity contribution in [1.82, 2.24) is 9.55 Å². The number of aromatic hydroxyl groups is 1. The van der Waals surface area contributed by atoms with Crippen molar-refractivity contribution in [2.45, 2.75) is 13.0 Å². The molecule has 0 aliphatic carbocycles. The van der Waals surface area contributed by atoms with Crippen LogP contribution in [0.1, 0.15) is 34.5 Å². The van der Waals surface area contributed by atoms with E-state index < -0.39 is 29.2 Å². The van der Waals surface area contributed by atoms with Gasteiger partial charge in [-0.2, -0.15) is 0 Å². The Morgan fingerprint density at radius 3 is 2.41 bits per heavy atom. The summed E-state index contributed by atoms with van der Waals surface area (Å²) < 4.78 is 22.2. The van der Waals surface area contributed by atoms with Crippen LogP contribution in [0, 0.1) is 0 Å². The third-order valence-corrected chi connectivity index (χ3v) is 5.08. The van der Waals surface area contributed by atoms with Crippen LogP contribution in [0.5, 0.6) is 23.1 Å². The number of aromatic nitrogens is 2. The van der Waals surface area contributed by atoms with E-state index >= 15 is 0 Å². The van der Waals surface area contributed by atoms with Crippen molar-refractivity contribution in [3.63, 3.8) is 0 Å². The average Bonchev–Trinajstić information content (AvgIpc) is 3.10. The lowest BCUT2D eigenvalue weighted by molar-refractivity contribution is 0.0447. The van der Waals surface area contributed by atoms with Gasteiger partial charge in [0.1, 0.15) is 16.9 Å².